The Kier molecular flexibility index (Phi) is 7.27. The summed E-state index contributed by atoms with van der Waals surface area (Å²) >= 11 is 0. The van der Waals surface area contributed by atoms with E-state index in [4.69, 9.17) is 0 Å². The van der Waals surface area contributed by atoms with E-state index in [-0.39, 0.29) is 12.4 Å². The Balaban J connectivity index is 0.00000200. The SMILES string of the molecule is CCN(C)c1ccc(CN(C)C2CCNCC2)cn1.Cl. The zero-order valence-electron chi connectivity index (χ0n) is 12.8. The molecule has 1 N–H and O–H groups in total. The van der Waals surface area contributed by atoms with Gasteiger partial charge in [-0.25, -0.2) is 4.98 Å². The van der Waals surface area contributed by atoms with Crippen molar-refractivity contribution in [1.82, 2.24) is 15.2 Å². The fraction of sp³-hybridized carbons (Fsp3) is 0.667. The third-order valence-corrected chi connectivity index (χ3v) is 4.04. The summed E-state index contributed by atoms with van der Waals surface area (Å²) in [5.41, 5.74) is 1.30. The fourth-order valence-electron chi connectivity index (χ4n) is 2.56. The molecule has 2 heterocycles. The van der Waals surface area contributed by atoms with Gasteiger partial charge < -0.3 is 10.2 Å². The summed E-state index contributed by atoms with van der Waals surface area (Å²) in [7, 11) is 4.30. The maximum Gasteiger partial charge on any atom is 0.128 e. The lowest BCUT2D eigenvalue weighted by molar-refractivity contribution is 0.191. The van der Waals surface area contributed by atoms with Crippen molar-refractivity contribution < 1.29 is 0 Å². The molecule has 4 nitrogen and oxygen atoms in total. The van der Waals surface area contributed by atoms with Crippen molar-refractivity contribution in [2.75, 3.05) is 38.6 Å². The van der Waals surface area contributed by atoms with Crippen LogP contribution in [0.5, 0.6) is 0 Å². The molecule has 1 aromatic rings. The molecule has 0 bridgehead atoms. The van der Waals surface area contributed by atoms with Crippen LogP contribution >= 0.6 is 12.4 Å². The normalized spacial score (nSPS) is 16.0. The van der Waals surface area contributed by atoms with E-state index in [1.54, 1.807) is 0 Å². The van der Waals surface area contributed by atoms with Crippen LogP contribution in [-0.2, 0) is 6.54 Å². The molecule has 0 unspecified atom stereocenters. The molecule has 0 saturated carbocycles. The number of nitrogens with one attached hydrogen (secondary N) is 1. The largest absolute Gasteiger partial charge is 0.360 e. The molecule has 0 aliphatic carbocycles. The van der Waals surface area contributed by atoms with Crippen molar-refractivity contribution in [3.05, 3.63) is 23.9 Å². The van der Waals surface area contributed by atoms with Gasteiger partial charge in [-0.3, -0.25) is 4.90 Å². The van der Waals surface area contributed by atoms with Crippen molar-refractivity contribution in [3.63, 3.8) is 0 Å². The van der Waals surface area contributed by atoms with Gasteiger partial charge in [0.05, 0.1) is 0 Å². The molecule has 1 aliphatic rings. The van der Waals surface area contributed by atoms with Crippen LogP contribution in [0.25, 0.3) is 0 Å². The number of piperidine rings is 1. The summed E-state index contributed by atoms with van der Waals surface area (Å²) in [4.78, 5) is 9.15. The molecule has 1 aromatic heterocycles. The monoisotopic (exact) mass is 298 g/mol. The summed E-state index contributed by atoms with van der Waals surface area (Å²) in [5.74, 6) is 1.05. The number of hydrogen-bond acceptors (Lipinski definition) is 4. The lowest BCUT2D eigenvalue weighted by atomic mass is 10.0. The Bertz CT molecular complexity index is 376. The van der Waals surface area contributed by atoms with Crippen molar-refractivity contribution in [3.8, 4) is 0 Å². The first-order valence-electron chi connectivity index (χ1n) is 7.27. The summed E-state index contributed by atoms with van der Waals surface area (Å²) in [6, 6.07) is 5.03. The van der Waals surface area contributed by atoms with Crippen LogP contribution in [0.4, 0.5) is 5.82 Å². The van der Waals surface area contributed by atoms with Gasteiger partial charge in [-0.05, 0) is 51.5 Å². The van der Waals surface area contributed by atoms with E-state index in [2.05, 4.69) is 53.3 Å². The smallest absolute Gasteiger partial charge is 0.128 e. The molecule has 2 rings (SSSR count). The van der Waals surface area contributed by atoms with Crippen molar-refractivity contribution >= 4 is 18.2 Å². The highest BCUT2D eigenvalue weighted by Crippen LogP contribution is 2.15. The van der Waals surface area contributed by atoms with Crippen LogP contribution in [-0.4, -0.2) is 49.7 Å². The summed E-state index contributed by atoms with van der Waals surface area (Å²) in [5, 5.41) is 3.42. The van der Waals surface area contributed by atoms with Crippen LogP contribution < -0.4 is 10.2 Å². The second-order valence-corrected chi connectivity index (χ2v) is 5.44. The van der Waals surface area contributed by atoms with Crippen molar-refractivity contribution in [2.24, 2.45) is 0 Å². The Hall–Kier alpha value is -0.840. The van der Waals surface area contributed by atoms with Crippen LogP contribution in [0.3, 0.4) is 0 Å². The fourth-order valence-corrected chi connectivity index (χ4v) is 2.56. The van der Waals surface area contributed by atoms with Gasteiger partial charge in [-0.1, -0.05) is 6.07 Å². The summed E-state index contributed by atoms with van der Waals surface area (Å²) in [6.45, 7) is 6.41. The predicted octanol–water partition coefficient (Wildman–Crippen LogP) is 2.14. The average molecular weight is 299 g/mol. The molecule has 0 aromatic carbocycles. The minimum absolute atomic E-state index is 0. The minimum atomic E-state index is 0. The molecule has 1 fully saturated rings. The third-order valence-electron chi connectivity index (χ3n) is 4.04. The van der Waals surface area contributed by atoms with Gasteiger partial charge in [0.15, 0.2) is 0 Å². The van der Waals surface area contributed by atoms with E-state index in [1.807, 2.05) is 6.20 Å². The number of aromatic nitrogens is 1. The first kappa shape index (κ1) is 17.2. The molecule has 0 radical (unpaired) electrons. The molecule has 0 spiro atoms. The van der Waals surface area contributed by atoms with Gasteiger partial charge in [0.1, 0.15) is 5.82 Å². The van der Waals surface area contributed by atoms with E-state index in [0.29, 0.717) is 6.04 Å². The Morgan fingerprint density at radius 3 is 2.50 bits per heavy atom. The predicted molar refractivity (Wildman–Crippen MR) is 87.8 cm³/mol. The molecule has 20 heavy (non-hydrogen) atoms. The quantitative estimate of drug-likeness (QED) is 0.902. The van der Waals surface area contributed by atoms with Gasteiger partial charge in [-0.15, -0.1) is 12.4 Å². The van der Waals surface area contributed by atoms with Crippen LogP contribution in [0, 0.1) is 0 Å². The van der Waals surface area contributed by atoms with Crippen molar-refractivity contribution in [1.29, 1.82) is 0 Å². The molecular formula is C15H27ClN4. The van der Waals surface area contributed by atoms with Crippen LogP contribution in [0.2, 0.25) is 0 Å². The number of hydrogen-bond donors (Lipinski definition) is 1. The second-order valence-electron chi connectivity index (χ2n) is 5.44. The molecule has 1 saturated heterocycles. The molecule has 114 valence electrons. The topological polar surface area (TPSA) is 31.4 Å². The van der Waals surface area contributed by atoms with Gasteiger partial charge in [0, 0.05) is 32.4 Å². The Morgan fingerprint density at radius 1 is 1.25 bits per heavy atom. The maximum absolute atomic E-state index is 4.53. The lowest BCUT2D eigenvalue weighted by Crippen LogP contribution is -2.40. The lowest BCUT2D eigenvalue weighted by Gasteiger charge is -2.31. The van der Waals surface area contributed by atoms with Crippen LogP contribution in [0.1, 0.15) is 25.3 Å². The van der Waals surface area contributed by atoms with Gasteiger partial charge in [0.25, 0.3) is 0 Å². The average Bonchev–Trinajstić information content (AvgIpc) is 2.48. The first-order valence-corrected chi connectivity index (χ1v) is 7.27. The van der Waals surface area contributed by atoms with Gasteiger partial charge >= 0.3 is 0 Å². The number of rotatable bonds is 5. The molecule has 0 amide bonds. The minimum Gasteiger partial charge on any atom is -0.360 e. The third kappa shape index (κ3) is 4.62. The number of pyridine rings is 1. The first-order chi connectivity index (χ1) is 9.20. The molecule has 0 atom stereocenters. The molecule has 5 heteroatoms. The van der Waals surface area contributed by atoms with Gasteiger partial charge in [0.2, 0.25) is 0 Å². The highest BCUT2D eigenvalue weighted by Gasteiger charge is 2.17. The molecule has 1 aliphatic heterocycles. The zero-order chi connectivity index (χ0) is 13.7. The van der Waals surface area contributed by atoms with Crippen LogP contribution in [0.15, 0.2) is 18.3 Å². The number of nitrogens with zero attached hydrogens (tertiary/aromatic N) is 3. The van der Waals surface area contributed by atoms with Crippen molar-refractivity contribution in [2.45, 2.75) is 32.4 Å². The van der Waals surface area contributed by atoms with Gasteiger partial charge in [-0.2, -0.15) is 0 Å². The van der Waals surface area contributed by atoms with E-state index in [9.17, 15) is 0 Å². The summed E-state index contributed by atoms with van der Waals surface area (Å²) < 4.78 is 0. The highest BCUT2D eigenvalue weighted by molar-refractivity contribution is 5.85. The number of halogens is 1. The number of anilines is 1. The maximum atomic E-state index is 4.53. The zero-order valence-corrected chi connectivity index (χ0v) is 13.6. The molecular weight excluding hydrogens is 272 g/mol. The summed E-state index contributed by atoms with van der Waals surface area (Å²) in [6.07, 6.45) is 4.51. The van der Waals surface area contributed by atoms with E-state index in [1.165, 1.54) is 18.4 Å². The Labute approximate surface area is 129 Å². The van der Waals surface area contributed by atoms with E-state index >= 15 is 0 Å². The van der Waals surface area contributed by atoms with E-state index < -0.39 is 0 Å². The highest BCUT2D eigenvalue weighted by atomic mass is 35.5. The Morgan fingerprint density at radius 2 is 1.95 bits per heavy atom. The standard InChI is InChI=1S/C15H26N4.ClH/c1-4-18(2)15-6-5-13(11-17-15)12-19(3)14-7-9-16-10-8-14;/h5-6,11,14,16H,4,7-10,12H2,1-3H3;1H. The second kappa shape index (κ2) is 8.45. The van der Waals surface area contributed by atoms with E-state index in [0.717, 1.165) is 32.0 Å².